The summed E-state index contributed by atoms with van der Waals surface area (Å²) in [6.07, 6.45) is -0.183. The maximum atomic E-state index is 6.13. The highest BCUT2D eigenvalue weighted by atomic mass is 35.5. The van der Waals surface area contributed by atoms with Crippen molar-refractivity contribution in [2.24, 2.45) is 7.05 Å². The first-order valence-electron chi connectivity index (χ1n) is 8.45. The Morgan fingerprint density at radius 1 is 1.12 bits per heavy atom. The highest BCUT2D eigenvalue weighted by Gasteiger charge is 2.18. The Kier molecular flexibility index (Phi) is 5.89. The van der Waals surface area contributed by atoms with Crippen LogP contribution in [-0.4, -0.2) is 14.8 Å². The van der Waals surface area contributed by atoms with Gasteiger partial charge in [0, 0.05) is 17.8 Å². The number of thioether (sulfide) groups is 1. The van der Waals surface area contributed by atoms with Gasteiger partial charge < -0.3 is 9.30 Å². The lowest BCUT2D eigenvalue weighted by Gasteiger charge is -2.16. The van der Waals surface area contributed by atoms with Crippen LogP contribution in [0.3, 0.4) is 0 Å². The molecule has 0 aliphatic heterocycles. The highest BCUT2D eigenvalue weighted by molar-refractivity contribution is 7.98. The molecule has 3 rings (SSSR count). The molecule has 0 aliphatic rings. The van der Waals surface area contributed by atoms with Gasteiger partial charge in [0.2, 0.25) is 0 Å². The minimum Gasteiger partial charge on any atom is -0.482 e. The Morgan fingerprint density at radius 3 is 2.58 bits per heavy atom. The zero-order valence-corrected chi connectivity index (χ0v) is 16.9. The van der Waals surface area contributed by atoms with E-state index in [2.05, 4.69) is 30.1 Å². The second-order valence-electron chi connectivity index (χ2n) is 6.27. The topological polar surface area (TPSA) is 39.9 Å². The Morgan fingerprint density at radius 2 is 1.85 bits per heavy atom. The molecule has 6 heteroatoms. The summed E-state index contributed by atoms with van der Waals surface area (Å²) in [6, 6.07) is 13.9. The van der Waals surface area contributed by atoms with Crippen LogP contribution in [0.1, 0.15) is 35.5 Å². The second kappa shape index (κ2) is 8.14. The molecule has 0 saturated carbocycles. The van der Waals surface area contributed by atoms with Crippen molar-refractivity contribution in [3.8, 4) is 5.75 Å². The third kappa shape index (κ3) is 4.22. The fourth-order valence-electron chi connectivity index (χ4n) is 2.63. The lowest BCUT2D eigenvalue weighted by atomic mass is 10.1. The van der Waals surface area contributed by atoms with Gasteiger partial charge in [0.15, 0.2) is 17.1 Å². The third-order valence-corrected chi connectivity index (χ3v) is 5.72. The molecule has 0 N–H and O–H groups in total. The standard InChI is InChI=1S/C20H22ClN3OS/c1-13-6-5-7-18(14(13)2)25-15(3)19-22-23-20(24(19)4)26-12-16-8-10-17(21)11-9-16/h5-11,15H,12H2,1-4H3. The van der Waals surface area contributed by atoms with E-state index in [4.69, 9.17) is 16.3 Å². The predicted octanol–water partition coefficient (Wildman–Crippen LogP) is 5.52. The van der Waals surface area contributed by atoms with Crippen LogP contribution in [-0.2, 0) is 12.8 Å². The molecule has 0 fully saturated rings. The maximum absolute atomic E-state index is 6.13. The molecule has 2 aromatic carbocycles. The molecule has 1 unspecified atom stereocenters. The lowest BCUT2D eigenvalue weighted by molar-refractivity contribution is 0.210. The molecule has 0 spiro atoms. The van der Waals surface area contributed by atoms with Crippen LogP contribution in [0.25, 0.3) is 0 Å². The van der Waals surface area contributed by atoms with Crippen molar-refractivity contribution in [3.05, 3.63) is 70.0 Å². The van der Waals surface area contributed by atoms with Crippen LogP contribution in [0.5, 0.6) is 5.75 Å². The van der Waals surface area contributed by atoms with Gasteiger partial charge in [0.25, 0.3) is 0 Å². The van der Waals surface area contributed by atoms with E-state index >= 15 is 0 Å². The van der Waals surface area contributed by atoms with Crippen molar-refractivity contribution in [2.75, 3.05) is 0 Å². The highest BCUT2D eigenvalue weighted by Crippen LogP contribution is 2.28. The van der Waals surface area contributed by atoms with E-state index in [9.17, 15) is 0 Å². The molecule has 0 amide bonds. The zero-order valence-electron chi connectivity index (χ0n) is 15.4. The van der Waals surface area contributed by atoms with Gasteiger partial charge in [-0.15, -0.1) is 10.2 Å². The largest absolute Gasteiger partial charge is 0.482 e. The Balaban J connectivity index is 1.69. The van der Waals surface area contributed by atoms with Crippen molar-refractivity contribution in [1.82, 2.24) is 14.8 Å². The van der Waals surface area contributed by atoms with Gasteiger partial charge in [0.05, 0.1) is 0 Å². The average molecular weight is 388 g/mol. The monoisotopic (exact) mass is 387 g/mol. The minimum absolute atomic E-state index is 0.183. The molecule has 136 valence electrons. The summed E-state index contributed by atoms with van der Waals surface area (Å²) < 4.78 is 8.13. The normalized spacial score (nSPS) is 12.2. The minimum atomic E-state index is -0.183. The van der Waals surface area contributed by atoms with Gasteiger partial charge in [0.1, 0.15) is 5.75 Å². The van der Waals surface area contributed by atoms with E-state index in [0.29, 0.717) is 0 Å². The number of aromatic nitrogens is 3. The summed E-state index contributed by atoms with van der Waals surface area (Å²) in [5, 5.41) is 10.3. The molecule has 0 aliphatic carbocycles. The van der Waals surface area contributed by atoms with Crippen LogP contribution >= 0.6 is 23.4 Å². The number of aryl methyl sites for hydroxylation is 1. The third-order valence-electron chi connectivity index (χ3n) is 4.37. The molecule has 1 atom stereocenters. The summed E-state index contributed by atoms with van der Waals surface area (Å²) in [4.78, 5) is 0. The molecule has 4 nitrogen and oxygen atoms in total. The van der Waals surface area contributed by atoms with Crippen molar-refractivity contribution in [1.29, 1.82) is 0 Å². The summed E-state index contributed by atoms with van der Waals surface area (Å²) in [5.74, 6) is 2.51. The molecule has 1 aromatic heterocycles. The maximum Gasteiger partial charge on any atom is 0.191 e. The number of halogens is 1. The van der Waals surface area contributed by atoms with Crippen molar-refractivity contribution in [2.45, 2.75) is 37.8 Å². The molecule has 3 aromatic rings. The summed E-state index contributed by atoms with van der Waals surface area (Å²) in [7, 11) is 1.97. The summed E-state index contributed by atoms with van der Waals surface area (Å²) in [6.45, 7) is 6.15. The van der Waals surface area contributed by atoms with E-state index in [1.807, 2.05) is 54.9 Å². The molecule has 26 heavy (non-hydrogen) atoms. The first-order chi connectivity index (χ1) is 12.5. The van der Waals surface area contributed by atoms with E-state index < -0.39 is 0 Å². The van der Waals surface area contributed by atoms with Crippen LogP contribution < -0.4 is 4.74 Å². The molecular weight excluding hydrogens is 366 g/mol. The van der Waals surface area contributed by atoms with Gasteiger partial charge in [-0.05, 0) is 55.7 Å². The predicted molar refractivity (Wildman–Crippen MR) is 107 cm³/mol. The Bertz CT molecular complexity index is 893. The number of rotatable bonds is 6. The molecule has 0 saturated heterocycles. The fourth-order valence-corrected chi connectivity index (χ4v) is 3.63. The van der Waals surface area contributed by atoms with Crippen molar-refractivity contribution < 1.29 is 4.74 Å². The Hall–Kier alpha value is -1.98. The van der Waals surface area contributed by atoms with Gasteiger partial charge in [-0.2, -0.15) is 0 Å². The number of hydrogen-bond donors (Lipinski definition) is 0. The second-order valence-corrected chi connectivity index (χ2v) is 7.65. The fraction of sp³-hybridized carbons (Fsp3) is 0.300. The SMILES string of the molecule is Cc1cccc(OC(C)c2nnc(SCc3ccc(Cl)cc3)n2C)c1C. The van der Waals surface area contributed by atoms with E-state index in [1.54, 1.807) is 11.8 Å². The van der Waals surface area contributed by atoms with Crippen molar-refractivity contribution >= 4 is 23.4 Å². The molecule has 0 radical (unpaired) electrons. The number of benzene rings is 2. The smallest absolute Gasteiger partial charge is 0.191 e. The van der Waals surface area contributed by atoms with Crippen LogP contribution in [0.2, 0.25) is 5.02 Å². The lowest BCUT2D eigenvalue weighted by Crippen LogP contribution is -2.10. The van der Waals surface area contributed by atoms with Crippen LogP contribution in [0.15, 0.2) is 47.6 Å². The first kappa shape index (κ1) is 18.8. The van der Waals surface area contributed by atoms with Gasteiger partial charge in [-0.25, -0.2) is 0 Å². The quantitative estimate of drug-likeness (QED) is 0.522. The zero-order chi connectivity index (χ0) is 18.7. The Labute approximate surface area is 163 Å². The summed E-state index contributed by atoms with van der Waals surface area (Å²) >= 11 is 7.58. The average Bonchev–Trinajstić information content (AvgIpc) is 2.99. The number of hydrogen-bond acceptors (Lipinski definition) is 4. The van der Waals surface area contributed by atoms with Crippen LogP contribution in [0, 0.1) is 13.8 Å². The number of nitrogens with zero attached hydrogens (tertiary/aromatic N) is 3. The molecule has 0 bridgehead atoms. The summed E-state index contributed by atoms with van der Waals surface area (Å²) in [5.41, 5.74) is 3.56. The molecule has 1 heterocycles. The van der Waals surface area contributed by atoms with E-state index in [-0.39, 0.29) is 6.10 Å². The molecular formula is C20H22ClN3OS. The van der Waals surface area contributed by atoms with Gasteiger partial charge >= 0.3 is 0 Å². The van der Waals surface area contributed by atoms with Crippen LogP contribution in [0.4, 0.5) is 0 Å². The number of ether oxygens (including phenoxy) is 1. The van der Waals surface area contributed by atoms with E-state index in [0.717, 1.165) is 33.1 Å². The van der Waals surface area contributed by atoms with Gasteiger partial charge in [-0.1, -0.05) is 47.6 Å². The van der Waals surface area contributed by atoms with Gasteiger partial charge in [-0.3, -0.25) is 0 Å². The first-order valence-corrected chi connectivity index (χ1v) is 9.81. The van der Waals surface area contributed by atoms with E-state index in [1.165, 1.54) is 11.1 Å². The van der Waals surface area contributed by atoms with Crippen molar-refractivity contribution in [3.63, 3.8) is 0 Å².